The maximum atomic E-state index is 12.6. The second-order valence-corrected chi connectivity index (χ2v) is 7.39. The second kappa shape index (κ2) is 9.56. The van der Waals surface area contributed by atoms with Crippen molar-refractivity contribution >= 4 is 17.5 Å². The summed E-state index contributed by atoms with van der Waals surface area (Å²) in [7, 11) is 0. The van der Waals surface area contributed by atoms with Crippen LogP contribution in [0.1, 0.15) is 41.3 Å². The van der Waals surface area contributed by atoms with Gasteiger partial charge in [0.15, 0.2) is 6.10 Å². The van der Waals surface area contributed by atoms with E-state index in [1.165, 1.54) is 0 Å². The minimum atomic E-state index is -0.708. The molecular formula is C23H28N2O4. The summed E-state index contributed by atoms with van der Waals surface area (Å²) in [5, 5.41) is 5.70. The van der Waals surface area contributed by atoms with Gasteiger partial charge in [-0.25, -0.2) is 0 Å². The Balaban J connectivity index is 1.61. The number of carbonyl (C=O) groups excluding carboxylic acids is 2. The molecule has 2 atom stereocenters. The first-order chi connectivity index (χ1) is 13.9. The maximum Gasteiger partial charge on any atom is 0.265 e. The number of aryl methyl sites for hydroxylation is 2. The van der Waals surface area contributed by atoms with Crippen molar-refractivity contribution < 1.29 is 19.1 Å². The third-order valence-electron chi connectivity index (χ3n) is 5.10. The number of rotatable bonds is 7. The Morgan fingerprint density at radius 2 is 1.97 bits per heavy atom. The van der Waals surface area contributed by atoms with E-state index in [0.29, 0.717) is 23.5 Å². The fourth-order valence-electron chi connectivity index (χ4n) is 3.18. The molecule has 6 nitrogen and oxygen atoms in total. The predicted octanol–water partition coefficient (Wildman–Crippen LogP) is 3.62. The number of nitrogens with one attached hydrogen (secondary N) is 2. The van der Waals surface area contributed by atoms with Gasteiger partial charge in [0, 0.05) is 13.2 Å². The van der Waals surface area contributed by atoms with Gasteiger partial charge in [-0.1, -0.05) is 18.2 Å². The summed E-state index contributed by atoms with van der Waals surface area (Å²) >= 11 is 0. The van der Waals surface area contributed by atoms with Crippen molar-refractivity contribution in [2.75, 3.05) is 18.5 Å². The highest BCUT2D eigenvalue weighted by molar-refractivity contribution is 6.04. The molecule has 1 saturated heterocycles. The number of benzene rings is 2. The lowest BCUT2D eigenvalue weighted by atomic mass is 10.1. The van der Waals surface area contributed by atoms with Crippen LogP contribution >= 0.6 is 0 Å². The fraction of sp³-hybridized carbons (Fsp3) is 0.391. The van der Waals surface area contributed by atoms with Crippen molar-refractivity contribution in [3.05, 3.63) is 59.2 Å². The fourth-order valence-corrected chi connectivity index (χ4v) is 3.18. The van der Waals surface area contributed by atoms with Crippen LogP contribution < -0.4 is 15.4 Å². The standard InChI is InChI=1S/C23H28N2O4/c1-15-10-11-18(13-16(15)2)29-17(3)22(26)25-21-9-5-4-8-20(21)23(27)24-14-19-7-6-12-28-19/h4-5,8-11,13,17,19H,6-7,12,14H2,1-3H3,(H,24,27)(H,25,26)/t17-,19+/m0/s1. The molecule has 0 bridgehead atoms. The molecule has 0 unspecified atom stereocenters. The van der Waals surface area contributed by atoms with Gasteiger partial charge < -0.3 is 20.1 Å². The number of hydrogen-bond donors (Lipinski definition) is 2. The topological polar surface area (TPSA) is 76.7 Å². The minimum absolute atomic E-state index is 0.0621. The molecule has 0 radical (unpaired) electrons. The summed E-state index contributed by atoms with van der Waals surface area (Å²) in [5.41, 5.74) is 3.14. The highest BCUT2D eigenvalue weighted by Crippen LogP contribution is 2.20. The van der Waals surface area contributed by atoms with Gasteiger partial charge in [-0.2, -0.15) is 0 Å². The number of hydrogen-bond acceptors (Lipinski definition) is 4. The van der Waals surface area contributed by atoms with Crippen LogP contribution in [-0.2, 0) is 9.53 Å². The van der Waals surface area contributed by atoms with Crippen LogP contribution in [0.15, 0.2) is 42.5 Å². The molecule has 6 heteroatoms. The SMILES string of the molecule is Cc1ccc(O[C@@H](C)C(=O)Nc2ccccc2C(=O)NC[C@H]2CCCO2)cc1C. The van der Waals surface area contributed by atoms with Gasteiger partial charge in [0.25, 0.3) is 11.8 Å². The van der Waals surface area contributed by atoms with Crippen molar-refractivity contribution in [3.63, 3.8) is 0 Å². The Kier molecular flexibility index (Phi) is 6.88. The van der Waals surface area contributed by atoms with Crippen LogP contribution in [-0.4, -0.2) is 37.2 Å². The summed E-state index contributed by atoms with van der Waals surface area (Å²) in [6.45, 7) is 6.91. The van der Waals surface area contributed by atoms with Gasteiger partial charge in [-0.05, 0) is 69.0 Å². The van der Waals surface area contributed by atoms with E-state index >= 15 is 0 Å². The predicted molar refractivity (Wildman–Crippen MR) is 112 cm³/mol. The highest BCUT2D eigenvalue weighted by atomic mass is 16.5. The lowest BCUT2D eigenvalue weighted by Gasteiger charge is -2.17. The molecule has 0 aliphatic carbocycles. The number of para-hydroxylation sites is 1. The quantitative estimate of drug-likeness (QED) is 0.749. The number of amides is 2. The Bertz CT molecular complexity index is 875. The lowest BCUT2D eigenvalue weighted by Crippen LogP contribution is -2.34. The zero-order valence-electron chi connectivity index (χ0n) is 17.2. The van der Waals surface area contributed by atoms with Crippen molar-refractivity contribution in [1.82, 2.24) is 5.32 Å². The summed E-state index contributed by atoms with van der Waals surface area (Å²) in [6, 6.07) is 12.7. The minimum Gasteiger partial charge on any atom is -0.481 e. The smallest absolute Gasteiger partial charge is 0.265 e. The molecule has 0 aromatic heterocycles. The van der Waals surface area contributed by atoms with E-state index in [1.54, 1.807) is 31.2 Å². The van der Waals surface area contributed by atoms with Crippen molar-refractivity contribution in [1.29, 1.82) is 0 Å². The van der Waals surface area contributed by atoms with Gasteiger partial charge in [0.2, 0.25) is 0 Å². The molecule has 0 saturated carbocycles. The maximum absolute atomic E-state index is 12.6. The zero-order valence-corrected chi connectivity index (χ0v) is 17.2. The molecule has 2 amide bonds. The average Bonchev–Trinajstić information content (AvgIpc) is 3.23. The van der Waals surface area contributed by atoms with Gasteiger partial charge in [-0.3, -0.25) is 9.59 Å². The molecule has 29 heavy (non-hydrogen) atoms. The Morgan fingerprint density at radius 1 is 1.17 bits per heavy atom. The Hall–Kier alpha value is -2.86. The molecule has 3 rings (SSSR count). The summed E-state index contributed by atoms with van der Waals surface area (Å²) in [6.07, 6.45) is 1.32. The molecule has 1 heterocycles. The molecule has 1 aliphatic rings. The van der Waals surface area contributed by atoms with Crippen LogP contribution in [0.2, 0.25) is 0 Å². The zero-order chi connectivity index (χ0) is 20.8. The summed E-state index contributed by atoms with van der Waals surface area (Å²) < 4.78 is 11.3. The van der Waals surface area contributed by atoms with Gasteiger partial charge in [0.05, 0.1) is 17.4 Å². The highest BCUT2D eigenvalue weighted by Gasteiger charge is 2.20. The summed E-state index contributed by atoms with van der Waals surface area (Å²) in [4.78, 5) is 25.2. The van der Waals surface area contributed by atoms with E-state index in [1.807, 2.05) is 32.0 Å². The van der Waals surface area contributed by atoms with Crippen LogP contribution in [0.3, 0.4) is 0 Å². The normalized spacial score (nSPS) is 16.9. The van der Waals surface area contributed by atoms with Crippen molar-refractivity contribution in [3.8, 4) is 5.75 Å². The first-order valence-corrected chi connectivity index (χ1v) is 9.97. The van der Waals surface area contributed by atoms with Crippen LogP contribution in [0.5, 0.6) is 5.75 Å². The number of anilines is 1. The molecule has 2 aromatic rings. The first-order valence-electron chi connectivity index (χ1n) is 9.97. The van der Waals surface area contributed by atoms with Crippen LogP contribution in [0, 0.1) is 13.8 Å². The lowest BCUT2D eigenvalue weighted by molar-refractivity contribution is -0.122. The van der Waals surface area contributed by atoms with E-state index < -0.39 is 6.10 Å². The first kappa shape index (κ1) is 20.9. The molecule has 2 N–H and O–H groups in total. The molecule has 1 fully saturated rings. The van der Waals surface area contributed by atoms with Crippen molar-refractivity contribution in [2.24, 2.45) is 0 Å². The van der Waals surface area contributed by atoms with E-state index in [4.69, 9.17) is 9.47 Å². The largest absolute Gasteiger partial charge is 0.481 e. The van der Waals surface area contributed by atoms with E-state index in [-0.39, 0.29) is 17.9 Å². The molecular weight excluding hydrogens is 368 g/mol. The average molecular weight is 396 g/mol. The Morgan fingerprint density at radius 3 is 2.69 bits per heavy atom. The third kappa shape index (κ3) is 5.57. The summed E-state index contributed by atoms with van der Waals surface area (Å²) in [5.74, 6) is 0.0834. The molecule has 2 aromatic carbocycles. The van der Waals surface area contributed by atoms with Gasteiger partial charge >= 0.3 is 0 Å². The van der Waals surface area contributed by atoms with Crippen molar-refractivity contribution in [2.45, 2.75) is 45.8 Å². The Labute approximate surface area is 171 Å². The molecule has 0 spiro atoms. The van der Waals surface area contributed by atoms with Gasteiger partial charge in [-0.15, -0.1) is 0 Å². The van der Waals surface area contributed by atoms with E-state index in [2.05, 4.69) is 10.6 Å². The number of ether oxygens (including phenoxy) is 2. The van der Waals surface area contributed by atoms with Crippen LogP contribution in [0.4, 0.5) is 5.69 Å². The van der Waals surface area contributed by atoms with Gasteiger partial charge in [0.1, 0.15) is 5.75 Å². The third-order valence-corrected chi connectivity index (χ3v) is 5.10. The van der Waals surface area contributed by atoms with E-state index in [0.717, 1.165) is 30.6 Å². The molecule has 154 valence electrons. The van der Waals surface area contributed by atoms with Crippen LogP contribution in [0.25, 0.3) is 0 Å². The monoisotopic (exact) mass is 396 g/mol. The number of carbonyl (C=O) groups is 2. The second-order valence-electron chi connectivity index (χ2n) is 7.39. The molecule has 1 aliphatic heterocycles. The van der Waals surface area contributed by atoms with E-state index in [9.17, 15) is 9.59 Å².